The standard InChI is InChI=1S/C11H20N2O2/c1-11(9-4-3-5-9)8-10(15)13(6-7-14)12(11)2/h9,14H,3-8H2,1-2H3. The Balaban J connectivity index is 2.12. The molecular weight excluding hydrogens is 192 g/mol. The van der Waals surface area contributed by atoms with E-state index < -0.39 is 0 Å². The molecule has 1 aliphatic heterocycles. The van der Waals surface area contributed by atoms with Gasteiger partial charge in [-0.05, 0) is 25.7 Å². The smallest absolute Gasteiger partial charge is 0.238 e. The van der Waals surface area contributed by atoms with Crippen molar-refractivity contribution in [1.82, 2.24) is 10.0 Å². The molecule has 4 nitrogen and oxygen atoms in total. The molecule has 1 saturated heterocycles. The fourth-order valence-corrected chi connectivity index (χ4v) is 2.76. The molecule has 1 saturated carbocycles. The van der Waals surface area contributed by atoms with Gasteiger partial charge in [0, 0.05) is 19.0 Å². The Bertz CT molecular complexity index is 265. The van der Waals surface area contributed by atoms with E-state index in [1.54, 1.807) is 5.01 Å². The first kappa shape index (κ1) is 10.9. The van der Waals surface area contributed by atoms with Crippen LogP contribution in [0.5, 0.6) is 0 Å². The molecule has 0 radical (unpaired) electrons. The minimum Gasteiger partial charge on any atom is -0.394 e. The van der Waals surface area contributed by atoms with Gasteiger partial charge in [-0.3, -0.25) is 9.80 Å². The average molecular weight is 212 g/mol. The van der Waals surface area contributed by atoms with Crippen molar-refractivity contribution < 1.29 is 9.90 Å². The van der Waals surface area contributed by atoms with Crippen LogP contribution in [0.25, 0.3) is 0 Å². The van der Waals surface area contributed by atoms with E-state index in [-0.39, 0.29) is 18.1 Å². The number of carbonyl (C=O) groups is 1. The fourth-order valence-electron chi connectivity index (χ4n) is 2.76. The number of aliphatic hydroxyl groups excluding tert-OH is 1. The van der Waals surface area contributed by atoms with Crippen molar-refractivity contribution in [2.45, 2.75) is 38.1 Å². The largest absolute Gasteiger partial charge is 0.394 e. The Hall–Kier alpha value is -0.610. The maximum Gasteiger partial charge on any atom is 0.238 e. The second-order valence-electron chi connectivity index (χ2n) is 4.93. The lowest BCUT2D eigenvalue weighted by molar-refractivity contribution is -0.141. The van der Waals surface area contributed by atoms with E-state index >= 15 is 0 Å². The van der Waals surface area contributed by atoms with E-state index in [4.69, 9.17) is 5.11 Å². The zero-order valence-corrected chi connectivity index (χ0v) is 9.57. The Morgan fingerprint density at radius 1 is 1.53 bits per heavy atom. The summed E-state index contributed by atoms with van der Waals surface area (Å²) < 4.78 is 0. The van der Waals surface area contributed by atoms with E-state index in [2.05, 4.69) is 11.9 Å². The van der Waals surface area contributed by atoms with Crippen LogP contribution in [0.15, 0.2) is 0 Å². The Kier molecular flexibility index (Phi) is 2.73. The molecule has 1 atom stereocenters. The Morgan fingerprint density at radius 3 is 2.67 bits per heavy atom. The van der Waals surface area contributed by atoms with Crippen molar-refractivity contribution in [2.75, 3.05) is 20.2 Å². The molecule has 0 bridgehead atoms. The maximum atomic E-state index is 11.8. The van der Waals surface area contributed by atoms with Crippen LogP contribution in [0.2, 0.25) is 0 Å². The van der Waals surface area contributed by atoms with Crippen LogP contribution in [-0.2, 0) is 4.79 Å². The molecule has 2 fully saturated rings. The highest BCUT2D eigenvalue weighted by Gasteiger charge is 2.50. The number of rotatable bonds is 3. The minimum atomic E-state index is -0.00942. The highest BCUT2D eigenvalue weighted by atomic mass is 16.3. The molecule has 0 aromatic rings. The summed E-state index contributed by atoms with van der Waals surface area (Å²) in [6, 6.07) is 0. The third-order valence-electron chi connectivity index (χ3n) is 4.19. The molecule has 15 heavy (non-hydrogen) atoms. The van der Waals surface area contributed by atoms with Gasteiger partial charge in [-0.15, -0.1) is 0 Å². The molecule has 1 heterocycles. The minimum absolute atomic E-state index is 0.00942. The van der Waals surface area contributed by atoms with Crippen LogP contribution in [0.3, 0.4) is 0 Å². The zero-order chi connectivity index (χ0) is 11.1. The molecule has 0 aromatic heterocycles. The van der Waals surface area contributed by atoms with Gasteiger partial charge in [-0.25, -0.2) is 5.01 Å². The van der Waals surface area contributed by atoms with Crippen molar-refractivity contribution in [2.24, 2.45) is 5.92 Å². The molecule has 1 amide bonds. The predicted molar refractivity (Wildman–Crippen MR) is 56.9 cm³/mol. The number of amides is 1. The molecule has 0 aromatic carbocycles. The number of hydrazine groups is 1. The lowest BCUT2D eigenvalue weighted by Crippen LogP contribution is -2.52. The first-order valence-corrected chi connectivity index (χ1v) is 5.74. The fraction of sp³-hybridized carbons (Fsp3) is 0.909. The number of carbonyl (C=O) groups excluding carboxylic acids is 1. The van der Waals surface area contributed by atoms with E-state index in [0.717, 1.165) is 0 Å². The summed E-state index contributed by atoms with van der Waals surface area (Å²) in [7, 11) is 1.97. The summed E-state index contributed by atoms with van der Waals surface area (Å²) in [6.45, 7) is 2.64. The average Bonchev–Trinajstić information content (AvgIpc) is 2.27. The summed E-state index contributed by atoms with van der Waals surface area (Å²) in [5.41, 5.74) is -0.00942. The zero-order valence-electron chi connectivity index (χ0n) is 9.57. The van der Waals surface area contributed by atoms with E-state index in [1.807, 2.05) is 7.05 Å². The van der Waals surface area contributed by atoms with Crippen LogP contribution >= 0.6 is 0 Å². The van der Waals surface area contributed by atoms with Crippen molar-refractivity contribution in [1.29, 1.82) is 0 Å². The van der Waals surface area contributed by atoms with Gasteiger partial charge in [0.15, 0.2) is 0 Å². The summed E-state index contributed by atoms with van der Waals surface area (Å²) in [6.07, 6.45) is 4.37. The lowest BCUT2D eigenvalue weighted by atomic mass is 9.70. The van der Waals surface area contributed by atoms with Crippen molar-refractivity contribution in [3.05, 3.63) is 0 Å². The Labute approximate surface area is 90.8 Å². The van der Waals surface area contributed by atoms with Gasteiger partial charge < -0.3 is 5.11 Å². The molecule has 2 rings (SSSR count). The van der Waals surface area contributed by atoms with Gasteiger partial charge in [0.1, 0.15) is 0 Å². The lowest BCUT2D eigenvalue weighted by Gasteiger charge is -2.45. The number of hydrogen-bond donors (Lipinski definition) is 1. The molecule has 1 N–H and O–H groups in total. The van der Waals surface area contributed by atoms with Gasteiger partial charge in [0.25, 0.3) is 0 Å². The number of aliphatic hydroxyl groups is 1. The first-order chi connectivity index (χ1) is 7.09. The van der Waals surface area contributed by atoms with Crippen molar-refractivity contribution >= 4 is 5.91 Å². The van der Waals surface area contributed by atoms with Gasteiger partial charge in [0.2, 0.25) is 5.91 Å². The molecule has 1 unspecified atom stereocenters. The SMILES string of the molecule is CN1N(CCO)C(=O)CC1(C)C1CCC1. The number of hydrogen-bond acceptors (Lipinski definition) is 3. The monoisotopic (exact) mass is 212 g/mol. The van der Waals surface area contributed by atoms with Gasteiger partial charge >= 0.3 is 0 Å². The number of β-amino-alcohol motifs (C(OH)–C–C–N with tert-alkyl or cyclic N) is 1. The van der Waals surface area contributed by atoms with E-state index in [9.17, 15) is 4.79 Å². The van der Waals surface area contributed by atoms with Crippen LogP contribution in [0, 0.1) is 5.92 Å². The second-order valence-corrected chi connectivity index (χ2v) is 4.93. The van der Waals surface area contributed by atoms with Gasteiger partial charge in [0.05, 0.1) is 13.2 Å². The predicted octanol–water partition coefficient (Wildman–Crippen LogP) is 0.617. The highest BCUT2D eigenvalue weighted by Crippen LogP contribution is 2.44. The first-order valence-electron chi connectivity index (χ1n) is 5.74. The molecule has 0 spiro atoms. The molecule has 86 valence electrons. The van der Waals surface area contributed by atoms with Crippen molar-refractivity contribution in [3.8, 4) is 0 Å². The van der Waals surface area contributed by atoms with Crippen LogP contribution < -0.4 is 0 Å². The van der Waals surface area contributed by atoms with E-state index in [0.29, 0.717) is 18.9 Å². The summed E-state index contributed by atoms with van der Waals surface area (Å²) in [5, 5.41) is 12.7. The van der Waals surface area contributed by atoms with Gasteiger partial charge in [-0.2, -0.15) is 0 Å². The van der Waals surface area contributed by atoms with Crippen LogP contribution in [-0.4, -0.2) is 46.8 Å². The topological polar surface area (TPSA) is 43.8 Å². The number of nitrogens with zero attached hydrogens (tertiary/aromatic N) is 2. The quantitative estimate of drug-likeness (QED) is 0.745. The normalized spacial score (nSPS) is 33.5. The Morgan fingerprint density at radius 2 is 2.20 bits per heavy atom. The second kappa shape index (κ2) is 3.76. The molecular formula is C11H20N2O2. The van der Waals surface area contributed by atoms with Crippen LogP contribution in [0.1, 0.15) is 32.6 Å². The van der Waals surface area contributed by atoms with Crippen molar-refractivity contribution in [3.63, 3.8) is 0 Å². The third-order valence-corrected chi connectivity index (χ3v) is 4.19. The molecule has 2 aliphatic rings. The molecule has 1 aliphatic carbocycles. The molecule has 4 heteroatoms. The highest BCUT2D eigenvalue weighted by molar-refractivity contribution is 5.79. The summed E-state index contributed by atoms with van der Waals surface area (Å²) in [4.78, 5) is 11.8. The maximum absolute atomic E-state index is 11.8. The summed E-state index contributed by atoms with van der Waals surface area (Å²) >= 11 is 0. The van der Waals surface area contributed by atoms with Gasteiger partial charge in [-0.1, -0.05) is 6.42 Å². The summed E-state index contributed by atoms with van der Waals surface area (Å²) in [5.74, 6) is 0.802. The van der Waals surface area contributed by atoms with E-state index in [1.165, 1.54) is 19.3 Å². The van der Waals surface area contributed by atoms with Crippen LogP contribution in [0.4, 0.5) is 0 Å². The third kappa shape index (κ3) is 1.56.